The molecule has 49 heavy (non-hydrogen) atoms. The van der Waals surface area contributed by atoms with Crippen LogP contribution in [-0.4, -0.2) is 108 Å². The molecule has 0 spiro atoms. The molecule has 10 nitrogen and oxygen atoms in total. The lowest BCUT2D eigenvalue weighted by Gasteiger charge is -2.38. The highest BCUT2D eigenvalue weighted by molar-refractivity contribution is 5.82. The molecule has 0 aromatic heterocycles. The maximum atomic E-state index is 13.2. The number of rotatable bonds is 6. The molecule has 15 atom stereocenters. The van der Waals surface area contributed by atoms with Gasteiger partial charge in [-0.1, -0.05) is 57.6 Å². The number of aliphatic hydroxyl groups excluding tert-OH is 4. The van der Waals surface area contributed by atoms with Gasteiger partial charge in [0.25, 0.3) is 0 Å². The zero-order chi connectivity index (χ0) is 36.2. The topological polar surface area (TPSA) is 144 Å². The Morgan fingerprint density at radius 3 is 2.27 bits per heavy atom. The molecule has 0 aromatic carbocycles. The Balaban J connectivity index is 1.83. The quantitative estimate of drug-likeness (QED) is 0.220. The third-order valence-corrected chi connectivity index (χ3v) is 11.1. The van der Waals surface area contributed by atoms with Crippen molar-refractivity contribution in [2.24, 2.45) is 23.7 Å². The van der Waals surface area contributed by atoms with Gasteiger partial charge >= 0.3 is 5.97 Å². The molecule has 10 heteroatoms. The molecule has 4 N–H and O–H groups in total. The summed E-state index contributed by atoms with van der Waals surface area (Å²) in [5.74, 6) is -2.06. The summed E-state index contributed by atoms with van der Waals surface area (Å²) in [5, 5.41) is 44.9. The van der Waals surface area contributed by atoms with Gasteiger partial charge in [-0.05, 0) is 64.7 Å². The Labute approximate surface area is 294 Å². The van der Waals surface area contributed by atoms with Crippen LogP contribution in [0.5, 0.6) is 0 Å². The lowest BCUT2D eigenvalue weighted by atomic mass is 9.79. The Bertz CT molecular complexity index is 1080. The van der Waals surface area contributed by atoms with E-state index >= 15 is 0 Å². The summed E-state index contributed by atoms with van der Waals surface area (Å²) in [6.07, 6.45) is 9.67. The fourth-order valence-corrected chi connectivity index (χ4v) is 7.69. The van der Waals surface area contributed by atoms with Crippen molar-refractivity contribution in [2.75, 3.05) is 14.2 Å². The highest BCUT2D eigenvalue weighted by Crippen LogP contribution is 2.33. The molecular weight excluding hydrogens is 628 g/mol. The third-order valence-electron chi connectivity index (χ3n) is 11.1. The van der Waals surface area contributed by atoms with Crippen molar-refractivity contribution in [1.82, 2.24) is 0 Å². The van der Waals surface area contributed by atoms with Gasteiger partial charge in [0.05, 0.1) is 61.0 Å². The predicted octanol–water partition coefficient (Wildman–Crippen LogP) is 5.05. The highest BCUT2D eigenvalue weighted by Gasteiger charge is 2.39. The molecular formula is C39H66O10. The molecule has 282 valence electrons. The van der Waals surface area contributed by atoms with E-state index in [1.54, 1.807) is 27.2 Å². The number of allylic oxidation sites excluding steroid dienone is 2. The Morgan fingerprint density at radius 2 is 1.57 bits per heavy atom. The first-order valence-corrected chi connectivity index (χ1v) is 18.5. The smallest absolute Gasteiger partial charge is 0.331 e. The summed E-state index contributed by atoms with van der Waals surface area (Å²) in [6.45, 7) is 11.5. The number of hydrogen-bond acceptors (Lipinski definition) is 10. The van der Waals surface area contributed by atoms with E-state index in [1.807, 2.05) is 39.8 Å². The van der Waals surface area contributed by atoms with Crippen molar-refractivity contribution < 1.29 is 48.9 Å². The van der Waals surface area contributed by atoms with Crippen LogP contribution in [0.15, 0.2) is 36.0 Å². The van der Waals surface area contributed by atoms with Gasteiger partial charge in [-0.2, -0.15) is 0 Å². The van der Waals surface area contributed by atoms with E-state index in [-0.39, 0.29) is 54.9 Å². The second kappa shape index (κ2) is 20.4. The Kier molecular flexibility index (Phi) is 17.4. The van der Waals surface area contributed by atoms with Crippen LogP contribution >= 0.6 is 0 Å². The van der Waals surface area contributed by atoms with Crippen LogP contribution in [0.25, 0.3) is 0 Å². The van der Waals surface area contributed by atoms with Crippen molar-refractivity contribution >= 4 is 5.97 Å². The minimum absolute atomic E-state index is 0.0263. The second-order valence-electron chi connectivity index (χ2n) is 15.2. The second-order valence-corrected chi connectivity index (χ2v) is 15.2. The van der Waals surface area contributed by atoms with Crippen LogP contribution in [0.3, 0.4) is 0 Å². The van der Waals surface area contributed by atoms with Crippen molar-refractivity contribution in [1.29, 1.82) is 0 Å². The average Bonchev–Trinajstić information content (AvgIpc) is 3.08. The minimum Gasteiger partial charge on any atom is -0.459 e. The van der Waals surface area contributed by atoms with Crippen molar-refractivity contribution in [3.8, 4) is 0 Å². The Morgan fingerprint density at radius 1 is 0.857 bits per heavy atom. The van der Waals surface area contributed by atoms with Crippen LogP contribution in [0.2, 0.25) is 0 Å². The third kappa shape index (κ3) is 13.1. The number of hydrogen-bond donors (Lipinski definition) is 4. The highest BCUT2D eigenvalue weighted by atomic mass is 16.5. The fourth-order valence-electron chi connectivity index (χ4n) is 7.69. The molecule has 3 aliphatic heterocycles. The van der Waals surface area contributed by atoms with Gasteiger partial charge in [0.2, 0.25) is 0 Å². The molecule has 0 radical (unpaired) electrons. The number of fused-ring (bicyclic) bond motifs is 2. The predicted molar refractivity (Wildman–Crippen MR) is 189 cm³/mol. The van der Waals surface area contributed by atoms with Crippen LogP contribution < -0.4 is 0 Å². The SMILES string of the molecule is CO[C@H]1C[C@H](CC[C@H](C)[C@@H]2OC(=O)/C=C/C(C)=C/C[C@H](O)C[C@@H]3C=CC[C@@H](C[C@H](OC)[C@@H](C)[C@@H](O)C[C@@H](O)[C@H](C)[C@H](O)[C@H]2C)O3)O[C@@H](C)C1. The maximum Gasteiger partial charge on any atom is 0.331 e. The van der Waals surface area contributed by atoms with Crippen molar-refractivity contribution in [2.45, 2.75) is 166 Å². The van der Waals surface area contributed by atoms with E-state index in [1.165, 1.54) is 6.08 Å². The molecule has 3 heterocycles. The van der Waals surface area contributed by atoms with Crippen LogP contribution in [-0.2, 0) is 28.5 Å². The van der Waals surface area contributed by atoms with E-state index in [9.17, 15) is 25.2 Å². The Hall–Kier alpha value is -1.63. The van der Waals surface area contributed by atoms with Crippen LogP contribution in [0, 0.1) is 23.7 Å². The zero-order valence-electron chi connectivity index (χ0n) is 31.1. The number of ether oxygens (including phenoxy) is 5. The summed E-state index contributed by atoms with van der Waals surface area (Å²) in [7, 11) is 3.35. The molecule has 2 bridgehead atoms. The van der Waals surface area contributed by atoms with Gasteiger partial charge < -0.3 is 44.1 Å². The fraction of sp³-hybridized carbons (Fsp3) is 0.821. The minimum atomic E-state index is -1.01. The number of carbonyl (C=O) groups excluding carboxylic acids is 1. The van der Waals surface area contributed by atoms with Gasteiger partial charge in [-0.3, -0.25) is 0 Å². The standard InChI is InChI=1S/C39H66O10/c1-23-12-15-29(40)19-30-10-9-11-31(48-30)21-36(46-8)26(4)34(41)22-35(42)27(5)38(44)28(6)39(49-37(43)17-13-23)24(2)14-16-32-20-33(45-7)18-25(3)47-32/h9-10,12-13,17,24-36,38-42,44H,11,14-16,18-22H2,1-8H3/b17-13+,23-12+/t24-,25-,26-,27-,28+,29-,30-,31-,32-,33+,34-,35+,36-,38-,39-/m0/s1. The average molecular weight is 695 g/mol. The largest absolute Gasteiger partial charge is 0.459 e. The van der Waals surface area contributed by atoms with Gasteiger partial charge in [-0.15, -0.1) is 0 Å². The number of aliphatic hydroxyl groups is 4. The van der Waals surface area contributed by atoms with E-state index in [4.69, 9.17) is 23.7 Å². The van der Waals surface area contributed by atoms with Crippen LogP contribution in [0.4, 0.5) is 0 Å². The molecule has 0 saturated carbocycles. The van der Waals surface area contributed by atoms with E-state index in [2.05, 4.69) is 13.0 Å². The number of cyclic esters (lactones) is 1. The van der Waals surface area contributed by atoms with E-state index in [0.717, 1.165) is 24.8 Å². The molecule has 0 unspecified atom stereocenters. The lowest BCUT2D eigenvalue weighted by Crippen LogP contribution is -2.45. The van der Waals surface area contributed by atoms with Crippen LogP contribution in [0.1, 0.15) is 99.3 Å². The van der Waals surface area contributed by atoms with Gasteiger partial charge in [0.1, 0.15) is 6.10 Å². The molecule has 1 saturated heterocycles. The monoisotopic (exact) mass is 694 g/mol. The molecule has 3 rings (SSSR count). The molecule has 1 fully saturated rings. The summed E-state index contributed by atoms with van der Waals surface area (Å²) in [5.41, 5.74) is 0.817. The number of esters is 1. The van der Waals surface area contributed by atoms with Crippen molar-refractivity contribution in [3.05, 3.63) is 36.0 Å². The van der Waals surface area contributed by atoms with Gasteiger partial charge in [0.15, 0.2) is 0 Å². The lowest BCUT2D eigenvalue weighted by molar-refractivity contribution is -0.154. The first-order valence-electron chi connectivity index (χ1n) is 18.5. The zero-order valence-corrected chi connectivity index (χ0v) is 31.1. The summed E-state index contributed by atoms with van der Waals surface area (Å²) in [4.78, 5) is 13.2. The number of carbonyl (C=O) groups is 1. The van der Waals surface area contributed by atoms with Gasteiger partial charge in [0, 0.05) is 50.9 Å². The normalized spacial score (nSPS) is 43.3. The summed E-state index contributed by atoms with van der Waals surface area (Å²) in [6, 6.07) is 0. The summed E-state index contributed by atoms with van der Waals surface area (Å²) >= 11 is 0. The first kappa shape index (κ1) is 41.8. The molecule has 0 amide bonds. The maximum absolute atomic E-state index is 13.2. The summed E-state index contributed by atoms with van der Waals surface area (Å²) < 4.78 is 30.0. The van der Waals surface area contributed by atoms with Gasteiger partial charge in [-0.25, -0.2) is 4.79 Å². The molecule has 0 aromatic rings. The van der Waals surface area contributed by atoms with E-state index in [0.29, 0.717) is 32.1 Å². The molecule has 3 aliphatic rings. The number of methoxy groups -OCH3 is 2. The van der Waals surface area contributed by atoms with E-state index < -0.39 is 48.3 Å². The first-order chi connectivity index (χ1) is 23.2. The molecule has 0 aliphatic carbocycles. The van der Waals surface area contributed by atoms with Crippen molar-refractivity contribution in [3.63, 3.8) is 0 Å².